The van der Waals surface area contributed by atoms with E-state index in [1.54, 1.807) is 29.2 Å². The maximum absolute atomic E-state index is 13.2. The van der Waals surface area contributed by atoms with Gasteiger partial charge in [0.1, 0.15) is 0 Å². The molecule has 0 aliphatic carbocycles. The molecule has 3 rings (SSSR count). The van der Waals surface area contributed by atoms with Crippen molar-refractivity contribution in [3.8, 4) is 0 Å². The number of amides is 1. The number of carbonyl (C=O) groups excluding carboxylic acids is 1. The molecule has 0 aromatic heterocycles. The van der Waals surface area contributed by atoms with Crippen LogP contribution in [0.4, 0.5) is 5.69 Å². The molecule has 0 saturated carbocycles. The molecule has 6 nitrogen and oxygen atoms in total. The fourth-order valence-electron chi connectivity index (χ4n) is 3.86. The Balaban J connectivity index is 1.89. The molecule has 0 spiro atoms. The lowest BCUT2D eigenvalue weighted by Gasteiger charge is -2.46. The minimum Gasteiger partial charge on any atom is -0.479 e. The molecule has 1 aromatic rings. The van der Waals surface area contributed by atoms with Crippen molar-refractivity contribution in [2.45, 2.75) is 37.8 Å². The van der Waals surface area contributed by atoms with Gasteiger partial charge in [0.05, 0.1) is 0 Å². The Hall–Kier alpha value is -1.79. The molecule has 1 amide bonds. The topological polar surface area (TPSA) is 81.7 Å². The Morgan fingerprint density at radius 1 is 1.48 bits per heavy atom. The van der Waals surface area contributed by atoms with Crippen molar-refractivity contribution >= 4 is 29.2 Å². The van der Waals surface area contributed by atoms with Gasteiger partial charge in [-0.05, 0) is 49.9 Å². The number of carbonyl (C=O) groups is 2. The summed E-state index contributed by atoms with van der Waals surface area (Å²) in [5.74, 6) is -1.15. The van der Waals surface area contributed by atoms with Crippen molar-refractivity contribution in [3.63, 3.8) is 0 Å². The van der Waals surface area contributed by atoms with Gasteiger partial charge in [0.15, 0.2) is 0 Å². The van der Waals surface area contributed by atoms with E-state index in [2.05, 4.69) is 17.6 Å². The van der Waals surface area contributed by atoms with E-state index in [0.29, 0.717) is 36.1 Å². The number of carboxylic acids is 1. The largest absolute Gasteiger partial charge is 0.479 e. The highest BCUT2D eigenvalue weighted by Crippen LogP contribution is 2.32. The maximum Gasteiger partial charge on any atom is 0.339 e. The Bertz CT molecular complexity index is 669. The van der Waals surface area contributed by atoms with E-state index in [-0.39, 0.29) is 18.4 Å². The summed E-state index contributed by atoms with van der Waals surface area (Å²) in [5, 5.41) is 16.7. The van der Waals surface area contributed by atoms with Crippen LogP contribution in [-0.2, 0) is 9.59 Å². The van der Waals surface area contributed by atoms with E-state index in [9.17, 15) is 14.7 Å². The fraction of sp³-hybridized carbons (Fsp3) is 0.556. The first kappa shape index (κ1) is 18.0. The number of hydrogen-bond acceptors (Lipinski definition) is 4. The van der Waals surface area contributed by atoms with Crippen LogP contribution in [0, 0.1) is 5.92 Å². The molecular formula is C18H24ClN3O3. The third-order valence-corrected chi connectivity index (χ3v) is 5.55. The molecule has 136 valence electrons. The molecule has 3 unspecified atom stereocenters. The van der Waals surface area contributed by atoms with E-state index in [1.807, 2.05) is 0 Å². The highest BCUT2D eigenvalue weighted by Gasteiger charge is 2.52. The number of nitrogens with zero attached hydrogens (tertiary/aromatic N) is 1. The van der Waals surface area contributed by atoms with Gasteiger partial charge in [0.2, 0.25) is 5.54 Å². The average Bonchev–Trinajstić information content (AvgIpc) is 2.57. The minimum atomic E-state index is -1.64. The second kappa shape index (κ2) is 7.22. The van der Waals surface area contributed by atoms with E-state index < -0.39 is 11.5 Å². The van der Waals surface area contributed by atoms with Crippen LogP contribution in [0.2, 0.25) is 5.02 Å². The predicted octanol–water partition coefficient (Wildman–Crippen LogP) is 2.20. The second-order valence-corrected chi connectivity index (χ2v) is 7.42. The molecule has 0 radical (unpaired) electrons. The number of anilines is 1. The zero-order valence-corrected chi connectivity index (χ0v) is 15.1. The van der Waals surface area contributed by atoms with E-state index in [1.165, 1.54) is 0 Å². The number of piperidine rings is 2. The van der Waals surface area contributed by atoms with Crippen molar-refractivity contribution < 1.29 is 14.7 Å². The summed E-state index contributed by atoms with van der Waals surface area (Å²) in [4.78, 5) is 27.1. The minimum absolute atomic E-state index is 0.0291. The molecule has 2 aliphatic rings. The van der Waals surface area contributed by atoms with Gasteiger partial charge in [-0.1, -0.05) is 24.6 Å². The fourth-order valence-corrected chi connectivity index (χ4v) is 4.05. The van der Waals surface area contributed by atoms with Gasteiger partial charge in [-0.3, -0.25) is 4.79 Å². The molecule has 0 bridgehead atoms. The van der Waals surface area contributed by atoms with Crippen LogP contribution in [0.1, 0.15) is 26.2 Å². The molecule has 2 saturated heterocycles. The standard InChI is InChI=1S/C18H24ClN3O3/c1-12-6-8-20-11-15(12)22-9-3-7-18(16(22)23,17(24)25)21-14-5-2-4-13(19)10-14/h2,4-5,10,12,15,20-21H,3,6-9,11H2,1H3,(H,24,25). The van der Waals surface area contributed by atoms with Crippen molar-refractivity contribution in [3.05, 3.63) is 29.3 Å². The number of rotatable bonds is 4. The maximum atomic E-state index is 13.2. The highest BCUT2D eigenvalue weighted by molar-refractivity contribution is 6.30. The van der Waals surface area contributed by atoms with Gasteiger partial charge in [-0.15, -0.1) is 0 Å². The molecule has 7 heteroatoms. The molecule has 25 heavy (non-hydrogen) atoms. The van der Waals surface area contributed by atoms with Crippen LogP contribution in [0.15, 0.2) is 24.3 Å². The second-order valence-electron chi connectivity index (χ2n) is 6.99. The van der Waals surface area contributed by atoms with Crippen molar-refractivity contribution in [1.29, 1.82) is 0 Å². The van der Waals surface area contributed by atoms with Crippen molar-refractivity contribution in [2.24, 2.45) is 5.92 Å². The number of likely N-dealkylation sites (tertiary alicyclic amines) is 1. The Kier molecular flexibility index (Phi) is 5.20. The van der Waals surface area contributed by atoms with Crippen LogP contribution in [-0.4, -0.2) is 53.1 Å². The van der Waals surface area contributed by atoms with Gasteiger partial charge in [0, 0.05) is 29.8 Å². The summed E-state index contributed by atoms with van der Waals surface area (Å²) in [6, 6.07) is 6.85. The average molecular weight is 366 g/mol. The number of hydrogen-bond donors (Lipinski definition) is 3. The summed E-state index contributed by atoms with van der Waals surface area (Å²) in [5.41, 5.74) is -1.10. The lowest BCUT2D eigenvalue weighted by molar-refractivity contribution is -0.157. The van der Waals surface area contributed by atoms with Gasteiger partial charge >= 0.3 is 5.97 Å². The van der Waals surface area contributed by atoms with Crippen molar-refractivity contribution in [1.82, 2.24) is 10.2 Å². The first-order valence-corrected chi connectivity index (χ1v) is 9.11. The molecule has 1 aromatic carbocycles. The third kappa shape index (κ3) is 3.46. The van der Waals surface area contributed by atoms with Gasteiger partial charge in [-0.25, -0.2) is 4.79 Å². The molecule has 2 fully saturated rings. The predicted molar refractivity (Wildman–Crippen MR) is 96.8 cm³/mol. The number of halogens is 1. The summed E-state index contributed by atoms with van der Waals surface area (Å²) in [6.07, 6.45) is 1.89. The monoisotopic (exact) mass is 365 g/mol. The highest BCUT2D eigenvalue weighted by atomic mass is 35.5. The van der Waals surface area contributed by atoms with Gasteiger partial charge in [-0.2, -0.15) is 0 Å². The smallest absolute Gasteiger partial charge is 0.339 e. The van der Waals surface area contributed by atoms with E-state index >= 15 is 0 Å². The van der Waals surface area contributed by atoms with Gasteiger partial charge < -0.3 is 20.6 Å². The molecule has 2 heterocycles. The number of benzene rings is 1. The number of carboxylic acid groups (broad SMARTS) is 1. The van der Waals surface area contributed by atoms with Crippen molar-refractivity contribution in [2.75, 3.05) is 25.0 Å². The van der Waals surface area contributed by atoms with Gasteiger partial charge in [0.25, 0.3) is 5.91 Å². The number of nitrogens with one attached hydrogen (secondary N) is 2. The summed E-state index contributed by atoms with van der Waals surface area (Å²) >= 11 is 6.00. The summed E-state index contributed by atoms with van der Waals surface area (Å²) in [6.45, 7) is 4.37. The summed E-state index contributed by atoms with van der Waals surface area (Å²) < 4.78 is 0. The van der Waals surface area contributed by atoms with E-state index in [0.717, 1.165) is 13.0 Å². The number of aliphatic carboxylic acids is 1. The molecule has 3 atom stereocenters. The molecular weight excluding hydrogens is 342 g/mol. The summed E-state index contributed by atoms with van der Waals surface area (Å²) in [7, 11) is 0. The molecule has 2 aliphatic heterocycles. The lowest BCUT2D eigenvalue weighted by Crippen LogP contribution is -2.66. The zero-order chi connectivity index (χ0) is 18.0. The Morgan fingerprint density at radius 2 is 2.28 bits per heavy atom. The lowest BCUT2D eigenvalue weighted by atomic mass is 9.84. The van der Waals surface area contributed by atoms with Crippen LogP contribution in [0.25, 0.3) is 0 Å². The zero-order valence-electron chi connectivity index (χ0n) is 14.3. The Morgan fingerprint density at radius 3 is 2.96 bits per heavy atom. The third-order valence-electron chi connectivity index (χ3n) is 5.31. The van der Waals surface area contributed by atoms with Crippen LogP contribution in [0.3, 0.4) is 0 Å². The quantitative estimate of drug-likeness (QED) is 0.712. The molecule has 3 N–H and O–H groups in total. The van der Waals surface area contributed by atoms with Crippen LogP contribution < -0.4 is 10.6 Å². The Labute approximate surface area is 152 Å². The van der Waals surface area contributed by atoms with E-state index in [4.69, 9.17) is 11.6 Å². The first-order valence-electron chi connectivity index (χ1n) is 8.73. The normalized spacial score (nSPS) is 30.2. The first-order chi connectivity index (χ1) is 11.9. The van der Waals surface area contributed by atoms with Crippen LogP contribution >= 0.6 is 11.6 Å². The SMILES string of the molecule is CC1CCNCC1N1CCCC(Nc2cccc(Cl)c2)(C(=O)O)C1=O. The van der Waals surface area contributed by atoms with Crippen LogP contribution in [0.5, 0.6) is 0 Å².